The molecule has 1 aromatic carbocycles. The molecule has 23 heavy (non-hydrogen) atoms. The van der Waals surface area contributed by atoms with E-state index >= 15 is 0 Å². The van der Waals surface area contributed by atoms with Crippen molar-refractivity contribution in [3.8, 4) is 5.75 Å². The predicted molar refractivity (Wildman–Crippen MR) is 89.1 cm³/mol. The Kier molecular flexibility index (Phi) is 3.99. The molecule has 0 spiro atoms. The van der Waals surface area contributed by atoms with Gasteiger partial charge >= 0.3 is 5.69 Å². The zero-order valence-corrected chi connectivity index (χ0v) is 13.8. The first-order chi connectivity index (χ1) is 11.0. The highest BCUT2D eigenvalue weighted by Gasteiger charge is 2.09. The van der Waals surface area contributed by atoms with E-state index in [9.17, 15) is 9.59 Å². The standard InChI is InChI=1S/C15H16N4O3S/c1-18-9(6-13(20)19(2)15(18)21)8-23-14-16-11-5-4-10(22-3)7-12(11)17-14/h4-7H,8H2,1-3H3,(H,16,17). The van der Waals surface area contributed by atoms with Gasteiger partial charge in [0, 0.05) is 37.7 Å². The molecule has 0 unspecified atom stereocenters. The number of aromatic nitrogens is 4. The molecule has 0 aliphatic carbocycles. The Morgan fingerprint density at radius 2 is 2.00 bits per heavy atom. The number of benzene rings is 1. The van der Waals surface area contributed by atoms with Crippen LogP contribution in [0, 0.1) is 0 Å². The molecule has 7 nitrogen and oxygen atoms in total. The molecule has 0 radical (unpaired) electrons. The minimum absolute atomic E-state index is 0.307. The molecular formula is C15H16N4O3S. The van der Waals surface area contributed by atoms with E-state index in [2.05, 4.69) is 9.97 Å². The number of nitrogens with one attached hydrogen (secondary N) is 1. The Morgan fingerprint density at radius 3 is 2.74 bits per heavy atom. The lowest BCUT2D eigenvalue weighted by molar-refractivity contribution is 0.415. The Hall–Kier alpha value is -2.48. The minimum atomic E-state index is -0.331. The highest BCUT2D eigenvalue weighted by atomic mass is 32.2. The van der Waals surface area contributed by atoms with E-state index in [0.29, 0.717) is 11.4 Å². The van der Waals surface area contributed by atoms with Crippen molar-refractivity contribution in [2.75, 3.05) is 7.11 Å². The van der Waals surface area contributed by atoms with Crippen molar-refractivity contribution >= 4 is 22.8 Å². The highest BCUT2D eigenvalue weighted by molar-refractivity contribution is 7.98. The fraction of sp³-hybridized carbons (Fsp3) is 0.267. The molecule has 0 bridgehead atoms. The molecule has 3 rings (SSSR count). The molecule has 0 fully saturated rings. The topological polar surface area (TPSA) is 81.9 Å². The van der Waals surface area contributed by atoms with Crippen LogP contribution in [-0.2, 0) is 19.8 Å². The number of H-pyrrole nitrogens is 1. The van der Waals surface area contributed by atoms with Crippen LogP contribution in [0.5, 0.6) is 5.75 Å². The average molecular weight is 332 g/mol. The van der Waals surface area contributed by atoms with Crippen molar-refractivity contribution in [1.82, 2.24) is 19.1 Å². The van der Waals surface area contributed by atoms with E-state index in [-0.39, 0.29) is 11.2 Å². The summed E-state index contributed by atoms with van der Waals surface area (Å²) in [6.07, 6.45) is 0. The molecule has 0 atom stereocenters. The van der Waals surface area contributed by atoms with Gasteiger partial charge in [0.1, 0.15) is 5.75 Å². The second kappa shape index (κ2) is 5.96. The van der Waals surface area contributed by atoms with Crippen LogP contribution in [0.25, 0.3) is 11.0 Å². The van der Waals surface area contributed by atoms with Gasteiger partial charge in [-0.3, -0.25) is 13.9 Å². The maximum Gasteiger partial charge on any atom is 0.330 e. The summed E-state index contributed by atoms with van der Waals surface area (Å²) in [5.41, 5.74) is 1.73. The van der Waals surface area contributed by atoms with E-state index in [1.54, 1.807) is 14.2 Å². The molecule has 0 saturated heterocycles. The Bertz CT molecular complexity index is 987. The van der Waals surface area contributed by atoms with Crippen LogP contribution in [0.1, 0.15) is 5.69 Å². The largest absolute Gasteiger partial charge is 0.497 e. The average Bonchev–Trinajstić information content (AvgIpc) is 2.96. The van der Waals surface area contributed by atoms with Gasteiger partial charge in [-0.15, -0.1) is 0 Å². The van der Waals surface area contributed by atoms with Crippen molar-refractivity contribution in [1.29, 1.82) is 0 Å². The van der Waals surface area contributed by atoms with Crippen LogP contribution in [0.4, 0.5) is 0 Å². The summed E-state index contributed by atoms with van der Waals surface area (Å²) in [6.45, 7) is 0. The Balaban J connectivity index is 1.86. The zero-order chi connectivity index (χ0) is 16.6. The van der Waals surface area contributed by atoms with Crippen molar-refractivity contribution < 1.29 is 4.74 Å². The van der Waals surface area contributed by atoms with Crippen LogP contribution in [0.2, 0.25) is 0 Å². The molecule has 1 N–H and O–H groups in total. The van der Waals surface area contributed by atoms with Crippen LogP contribution in [0.15, 0.2) is 39.0 Å². The quantitative estimate of drug-likeness (QED) is 0.728. The maximum atomic E-state index is 11.9. The van der Waals surface area contributed by atoms with Gasteiger partial charge in [-0.05, 0) is 12.1 Å². The van der Waals surface area contributed by atoms with Crippen LogP contribution in [-0.4, -0.2) is 26.2 Å². The number of imidazole rings is 1. The first-order valence-electron chi connectivity index (χ1n) is 6.92. The van der Waals surface area contributed by atoms with Crippen molar-refractivity contribution in [3.63, 3.8) is 0 Å². The fourth-order valence-electron chi connectivity index (χ4n) is 2.22. The number of ether oxygens (including phenoxy) is 1. The number of methoxy groups -OCH3 is 1. The predicted octanol–water partition coefficient (Wildman–Crippen LogP) is 1.26. The summed E-state index contributed by atoms with van der Waals surface area (Å²) in [6, 6.07) is 7.07. The summed E-state index contributed by atoms with van der Waals surface area (Å²) in [5.74, 6) is 1.23. The van der Waals surface area contributed by atoms with Gasteiger partial charge in [0.05, 0.1) is 18.1 Å². The van der Waals surface area contributed by atoms with Gasteiger partial charge in [0.15, 0.2) is 5.16 Å². The van der Waals surface area contributed by atoms with E-state index in [1.165, 1.54) is 29.4 Å². The Morgan fingerprint density at radius 1 is 1.22 bits per heavy atom. The number of fused-ring (bicyclic) bond motifs is 1. The number of aromatic amines is 1. The molecule has 8 heteroatoms. The van der Waals surface area contributed by atoms with Crippen molar-refractivity contribution in [2.24, 2.45) is 14.1 Å². The number of hydrogen-bond acceptors (Lipinski definition) is 5. The molecular weight excluding hydrogens is 316 g/mol. The molecule has 0 saturated carbocycles. The lowest BCUT2D eigenvalue weighted by Crippen LogP contribution is -2.37. The third kappa shape index (κ3) is 2.89. The molecule has 2 aromatic heterocycles. The second-order valence-electron chi connectivity index (χ2n) is 5.09. The summed E-state index contributed by atoms with van der Waals surface area (Å²) in [4.78, 5) is 31.3. The Labute approximate surface area is 135 Å². The third-order valence-electron chi connectivity index (χ3n) is 3.65. The van der Waals surface area contributed by atoms with Gasteiger partial charge in [-0.2, -0.15) is 0 Å². The van der Waals surface area contributed by atoms with Gasteiger partial charge in [-0.1, -0.05) is 11.8 Å². The SMILES string of the molecule is COc1ccc2nc(SCc3cc(=O)n(C)c(=O)n3C)[nH]c2c1. The second-order valence-corrected chi connectivity index (χ2v) is 6.05. The van der Waals surface area contributed by atoms with Crippen molar-refractivity contribution in [2.45, 2.75) is 10.9 Å². The van der Waals surface area contributed by atoms with Crippen molar-refractivity contribution in [3.05, 3.63) is 50.8 Å². The van der Waals surface area contributed by atoms with Gasteiger partial charge < -0.3 is 9.72 Å². The summed E-state index contributed by atoms with van der Waals surface area (Å²) >= 11 is 1.43. The number of nitrogens with zero attached hydrogens (tertiary/aromatic N) is 3. The smallest absolute Gasteiger partial charge is 0.330 e. The zero-order valence-electron chi connectivity index (χ0n) is 13.0. The number of rotatable bonds is 4. The fourth-order valence-corrected chi connectivity index (χ4v) is 3.13. The summed E-state index contributed by atoms with van der Waals surface area (Å²) in [7, 11) is 4.74. The van der Waals surface area contributed by atoms with E-state index in [1.807, 2.05) is 18.2 Å². The summed E-state index contributed by atoms with van der Waals surface area (Å²) < 4.78 is 7.74. The third-order valence-corrected chi connectivity index (χ3v) is 4.56. The highest BCUT2D eigenvalue weighted by Crippen LogP contribution is 2.24. The lowest BCUT2D eigenvalue weighted by Gasteiger charge is -2.07. The van der Waals surface area contributed by atoms with E-state index in [4.69, 9.17) is 4.74 Å². The number of thioether (sulfide) groups is 1. The molecule has 0 aliphatic heterocycles. The van der Waals surface area contributed by atoms with Crippen LogP contribution >= 0.6 is 11.8 Å². The lowest BCUT2D eigenvalue weighted by atomic mass is 10.3. The van der Waals surface area contributed by atoms with Gasteiger partial charge in [0.25, 0.3) is 5.56 Å². The first kappa shape index (κ1) is 15.4. The summed E-state index contributed by atoms with van der Waals surface area (Å²) in [5, 5.41) is 0.723. The maximum absolute atomic E-state index is 11.9. The van der Waals surface area contributed by atoms with Crippen LogP contribution < -0.4 is 16.0 Å². The number of hydrogen-bond donors (Lipinski definition) is 1. The molecule has 120 valence electrons. The molecule has 0 aliphatic rings. The van der Waals surface area contributed by atoms with E-state index < -0.39 is 0 Å². The normalized spacial score (nSPS) is 11.1. The minimum Gasteiger partial charge on any atom is -0.497 e. The van der Waals surface area contributed by atoms with E-state index in [0.717, 1.165) is 26.5 Å². The molecule has 2 heterocycles. The molecule has 0 amide bonds. The van der Waals surface area contributed by atoms with Gasteiger partial charge in [0.2, 0.25) is 0 Å². The van der Waals surface area contributed by atoms with Gasteiger partial charge in [-0.25, -0.2) is 9.78 Å². The first-order valence-corrected chi connectivity index (χ1v) is 7.90. The monoisotopic (exact) mass is 332 g/mol. The van der Waals surface area contributed by atoms with Crippen LogP contribution in [0.3, 0.4) is 0 Å². The molecule has 3 aromatic rings.